The second-order valence-corrected chi connectivity index (χ2v) is 8.04. The zero-order valence-electron chi connectivity index (χ0n) is 16.2. The number of carbonyl (C=O) groups is 1. The van der Waals surface area contributed by atoms with Gasteiger partial charge in [0, 0.05) is 32.4 Å². The molecule has 1 aromatic heterocycles. The SMILES string of the molecule is CC1CN(c2ncc(C(=O)N3CCCCC3)cc2Cl)CC(c2ccccc2)O1. The van der Waals surface area contributed by atoms with Crippen LogP contribution in [0.3, 0.4) is 0 Å². The molecule has 2 atom stereocenters. The number of aromatic nitrogens is 1. The van der Waals surface area contributed by atoms with Gasteiger partial charge in [0.15, 0.2) is 0 Å². The fraction of sp³-hybridized carbons (Fsp3) is 0.455. The van der Waals surface area contributed by atoms with Gasteiger partial charge in [0.05, 0.1) is 16.7 Å². The largest absolute Gasteiger partial charge is 0.367 e. The summed E-state index contributed by atoms with van der Waals surface area (Å²) in [6.45, 7) is 5.09. The number of halogens is 1. The lowest BCUT2D eigenvalue weighted by atomic mass is 10.1. The monoisotopic (exact) mass is 399 g/mol. The minimum atomic E-state index is -0.0301. The molecule has 148 valence electrons. The molecule has 5 nitrogen and oxygen atoms in total. The molecule has 2 fully saturated rings. The average Bonchev–Trinajstić information content (AvgIpc) is 2.74. The number of rotatable bonds is 3. The first-order chi connectivity index (χ1) is 13.6. The highest BCUT2D eigenvalue weighted by Crippen LogP contribution is 2.32. The van der Waals surface area contributed by atoms with E-state index in [-0.39, 0.29) is 18.1 Å². The summed E-state index contributed by atoms with van der Waals surface area (Å²) in [6.07, 6.45) is 5.02. The van der Waals surface area contributed by atoms with Gasteiger partial charge in [-0.2, -0.15) is 0 Å². The van der Waals surface area contributed by atoms with Gasteiger partial charge >= 0.3 is 0 Å². The Morgan fingerprint density at radius 1 is 1.14 bits per heavy atom. The van der Waals surface area contributed by atoms with Crippen LogP contribution in [0.15, 0.2) is 42.6 Å². The van der Waals surface area contributed by atoms with Crippen molar-refractivity contribution in [2.75, 3.05) is 31.1 Å². The van der Waals surface area contributed by atoms with E-state index in [9.17, 15) is 4.79 Å². The van der Waals surface area contributed by atoms with Crippen molar-refractivity contribution in [2.45, 2.75) is 38.4 Å². The highest BCUT2D eigenvalue weighted by molar-refractivity contribution is 6.33. The van der Waals surface area contributed by atoms with E-state index in [1.807, 2.05) is 23.1 Å². The summed E-state index contributed by atoms with van der Waals surface area (Å²) in [5, 5.41) is 0.517. The average molecular weight is 400 g/mol. The molecular formula is C22H26ClN3O2. The fourth-order valence-corrected chi connectivity index (χ4v) is 4.32. The topological polar surface area (TPSA) is 45.7 Å². The van der Waals surface area contributed by atoms with Crippen molar-refractivity contribution in [3.05, 3.63) is 58.7 Å². The number of anilines is 1. The highest BCUT2D eigenvalue weighted by atomic mass is 35.5. The van der Waals surface area contributed by atoms with E-state index < -0.39 is 0 Å². The number of amides is 1. The lowest BCUT2D eigenvalue weighted by molar-refractivity contribution is -0.0176. The molecule has 0 aliphatic carbocycles. The Morgan fingerprint density at radius 3 is 2.61 bits per heavy atom. The standard InChI is InChI=1S/C22H26ClN3O2/c1-16-14-26(15-20(28-16)17-8-4-2-5-9-17)21-19(23)12-18(13-24-21)22(27)25-10-6-3-7-11-25/h2,4-5,8-9,12-13,16,20H,3,6-7,10-11,14-15H2,1H3. The Labute approximate surface area is 171 Å². The number of ether oxygens (including phenoxy) is 1. The molecule has 0 bridgehead atoms. The second-order valence-electron chi connectivity index (χ2n) is 7.63. The number of likely N-dealkylation sites (tertiary alicyclic amines) is 1. The predicted octanol–water partition coefficient (Wildman–Crippen LogP) is 4.33. The molecule has 4 rings (SSSR count). The van der Waals surface area contributed by atoms with Crippen LogP contribution in [0.25, 0.3) is 0 Å². The van der Waals surface area contributed by atoms with Crippen molar-refractivity contribution in [3.8, 4) is 0 Å². The summed E-state index contributed by atoms with van der Waals surface area (Å²) in [5.41, 5.74) is 1.71. The maximum atomic E-state index is 12.7. The summed E-state index contributed by atoms with van der Waals surface area (Å²) < 4.78 is 6.13. The Bertz CT molecular complexity index is 824. The third kappa shape index (κ3) is 4.15. The lowest BCUT2D eigenvalue weighted by Crippen LogP contribution is -2.43. The van der Waals surface area contributed by atoms with Crippen LogP contribution in [0, 0.1) is 0 Å². The molecule has 0 N–H and O–H groups in total. The number of nitrogens with zero attached hydrogens (tertiary/aromatic N) is 3. The number of morpholine rings is 1. The molecule has 3 heterocycles. The molecule has 0 saturated carbocycles. The van der Waals surface area contributed by atoms with Gasteiger partial charge in [-0.1, -0.05) is 41.9 Å². The molecular weight excluding hydrogens is 374 g/mol. The number of pyridine rings is 1. The maximum Gasteiger partial charge on any atom is 0.255 e. The molecule has 0 spiro atoms. The van der Waals surface area contributed by atoms with E-state index in [0.29, 0.717) is 22.9 Å². The summed E-state index contributed by atoms with van der Waals surface area (Å²) in [6, 6.07) is 12.0. The van der Waals surface area contributed by atoms with Crippen molar-refractivity contribution in [3.63, 3.8) is 0 Å². The minimum Gasteiger partial charge on any atom is -0.367 e. The molecule has 2 saturated heterocycles. The van der Waals surface area contributed by atoms with Gasteiger partial charge in [-0.15, -0.1) is 0 Å². The maximum absolute atomic E-state index is 12.7. The van der Waals surface area contributed by atoms with Gasteiger partial charge in [-0.05, 0) is 37.8 Å². The van der Waals surface area contributed by atoms with E-state index >= 15 is 0 Å². The normalized spacial score (nSPS) is 22.9. The molecule has 1 aromatic carbocycles. The second kappa shape index (κ2) is 8.50. The molecule has 0 radical (unpaired) electrons. The zero-order chi connectivity index (χ0) is 19.5. The van der Waals surface area contributed by atoms with Crippen LogP contribution in [0.1, 0.15) is 48.2 Å². The Hall–Kier alpha value is -2.11. The highest BCUT2D eigenvalue weighted by Gasteiger charge is 2.29. The number of hydrogen-bond donors (Lipinski definition) is 0. The number of hydrogen-bond acceptors (Lipinski definition) is 4. The third-order valence-corrected chi connectivity index (χ3v) is 5.72. The van der Waals surface area contributed by atoms with E-state index in [1.165, 1.54) is 6.42 Å². The zero-order valence-corrected chi connectivity index (χ0v) is 16.9. The van der Waals surface area contributed by atoms with Crippen molar-refractivity contribution < 1.29 is 9.53 Å². The van der Waals surface area contributed by atoms with Crippen LogP contribution in [-0.4, -0.2) is 48.1 Å². The number of benzene rings is 1. The van der Waals surface area contributed by atoms with Gasteiger partial charge < -0.3 is 14.5 Å². The predicted molar refractivity (Wildman–Crippen MR) is 111 cm³/mol. The van der Waals surface area contributed by atoms with Crippen molar-refractivity contribution >= 4 is 23.3 Å². The summed E-state index contributed by atoms with van der Waals surface area (Å²) >= 11 is 6.57. The Balaban J connectivity index is 1.52. The van der Waals surface area contributed by atoms with E-state index in [2.05, 4.69) is 28.9 Å². The van der Waals surface area contributed by atoms with Gasteiger partial charge in [0.25, 0.3) is 5.91 Å². The van der Waals surface area contributed by atoms with Crippen LogP contribution in [0.2, 0.25) is 5.02 Å². The van der Waals surface area contributed by atoms with Crippen molar-refractivity contribution in [2.24, 2.45) is 0 Å². The van der Waals surface area contributed by atoms with E-state index in [4.69, 9.17) is 16.3 Å². The van der Waals surface area contributed by atoms with Crippen LogP contribution in [0.5, 0.6) is 0 Å². The van der Waals surface area contributed by atoms with E-state index in [0.717, 1.165) is 38.0 Å². The Morgan fingerprint density at radius 2 is 1.89 bits per heavy atom. The molecule has 2 aromatic rings. The van der Waals surface area contributed by atoms with Crippen LogP contribution in [0.4, 0.5) is 5.82 Å². The first-order valence-corrected chi connectivity index (χ1v) is 10.4. The quantitative estimate of drug-likeness (QED) is 0.770. The van der Waals surface area contributed by atoms with Crippen molar-refractivity contribution in [1.82, 2.24) is 9.88 Å². The first-order valence-electron chi connectivity index (χ1n) is 10.0. The first kappa shape index (κ1) is 19.2. The van der Waals surface area contributed by atoms with Crippen molar-refractivity contribution in [1.29, 1.82) is 0 Å². The van der Waals surface area contributed by atoms with Crippen LogP contribution in [-0.2, 0) is 4.74 Å². The van der Waals surface area contributed by atoms with Gasteiger partial charge in [-0.25, -0.2) is 4.98 Å². The lowest BCUT2D eigenvalue weighted by Gasteiger charge is -2.38. The molecule has 2 aliphatic rings. The van der Waals surface area contributed by atoms with Crippen LogP contribution < -0.4 is 4.90 Å². The molecule has 6 heteroatoms. The number of piperidine rings is 1. The van der Waals surface area contributed by atoms with Gasteiger partial charge in [0.2, 0.25) is 0 Å². The molecule has 2 unspecified atom stereocenters. The smallest absolute Gasteiger partial charge is 0.255 e. The summed E-state index contributed by atoms with van der Waals surface area (Å²) in [7, 11) is 0. The molecule has 1 amide bonds. The third-order valence-electron chi connectivity index (χ3n) is 5.44. The summed E-state index contributed by atoms with van der Waals surface area (Å²) in [5.74, 6) is 0.742. The minimum absolute atomic E-state index is 0.0261. The Kier molecular flexibility index (Phi) is 5.83. The summed E-state index contributed by atoms with van der Waals surface area (Å²) in [4.78, 5) is 21.4. The number of carbonyl (C=O) groups excluding carboxylic acids is 1. The van der Waals surface area contributed by atoms with E-state index in [1.54, 1.807) is 12.3 Å². The van der Waals surface area contributed by atoms with Gasteiger partial charge in [-0.3, -0.25) is 4.79 Å². The molecule has 28 heavy (non-hydrogen) atoms. The van der Waals surface area contributed by atoms with Gasteiger partial charge in [0.1, 0.15) is 11.9 Å². The van der Waals surface area contributed by atoms with Crippen LogP contribution >= 0.6 is 11.6 Å². The fourth-order valence-electron chi connectivity index (χ4n) is 4.04. The molecule has 2 aliphatic heterocycles.